The van der Waals surface area contributed by atoms with Gasteiger partial charge in [0.25, 0.3) is 0 Å². The van der Waals surface area contributed by atoms with Gasteiger partial charge >= 0.3 is 0 Å². The Morgan fingerprint density at radius 2 is 2.05 bits per heavy atom. The van der Waals surface area contributed by atoms with Crippen molar-refractivity contribution in [2.75, 3.05) is 6.54 Å². The van der Waals surface area contributed by atoms with Gasteiger partial charge in [-0.2, -0.15) is 0 Å². The van der Waals surface area contributed by atoms with Gasteiger partial charge in [-0.25, -0.2) is 0 Å². The first-order valence-electron chi connectivity index (χ1n) is 7.35. The highest BCUT2D eigenvalue weighted by molar-refractivity contribution is 7.10. The standard InChI is InChI=1S/C17H18ClNO2S/c18-14-7-3-12(4-8-14)10-16(20)19-11-17(21,13-5-6-13)15-2-1-9-22-15/h1-4,7-9,13,21H,5-6,10-11H2,(H,19,20). The summed E-state index contributed by atoms with van der Waals surface area (Å²) in [5.41, 5.74) is -0.0166. The van der Waals surface area contributed by atoms with E-state index in [0.29, 0.717) is 11.4 Å². The van der Waals surface area contributed by atoms with E-state index in [9.17, 15) is 9.90 Å². The number of thiophene rings is 1. The maximum absolute atomic E-state index is 12.1. The Hall–Kier alpha value is -1.36. The fraction of sp³-hybridized carbons (Fsp3) is 0.353. The number of aliphatic hydroxyl groups is 1. The highest BCUT2D eigenvalue weighted by atomic mass is 35.5. The molecule has 1 saturated carbocycles. The van der Waals surface area contributed by atoms with Gasteiger partial charge in [0, 0.05) is 9.90 Å². The molecule has 3 nitrogen and oxygen atoms in total. The van der Waals surface area contributed by atoms with Gasteiger partial charge in [0.05, 0.1) is 13.0 Å². The minimum atomic E-state index is -0.927. The number of nitrogens with one attached hydrogen (secondary N) is 1. The van der Waals surface area contributed by atoms with Gasteiger partial charge in [0.2, 0.25) is 5.91 Å². The second-order valence-electron chi connectivity index (χ2n) is 5.76. The maximum atomic E-state index is 12.1. The average Bonchev–Trinajstić information content (AvgIpc) is 3.22. The second kappa shape index (κ2) is 6.41. The van der Waals surface area contributed by atoms with E-state index in [4.69, 9.17) is 11.6 Å². The Kier molecular flexibility index (Phi) is 4.52. The van der Waals surface area contributed by atoms with E-state index in [1.165, 1.54) is 11.3 Å². The average molecular weight is 336 g/mol. The van der Waals surface area contributed by atoms with E-state index in [1.54, 1.807) is 12.1 Å². The molecule has 1 amide bonds. The van der Waals surface area contributed by atoms with E-state index in [2.05, 4.69) is 5.32 Å². The van der Waals surface area contributed by atoms with Crippen LogP contribution >= 0.6 is 22.9 Å². The third-order valence-corrected chi connectivity index (χ3v) is 5.32. The van der Waals surface area contributed by atoms with Gasteiger partial charge in [-0.15, -0.1) is 11.3 Å². The number of hydrogen-bond acceptors (Lipinski definition) is 3. The monoisotopic (exact) mass is 335 g/mol. The molecule has 1 aromatic heterocycles. The summed E-state index contributed by atoms with van der Waals surface area (Å²) in [4.78, 5) is 13.0. The zero-order valence-corrected chi connectivity index (χ0v) is 13.7. The van der Waals surface area contributed by atoms with Gasteiger partial charge < -0.3 is 10.4 Å². The van der Waals surface area contributed by atoms with Crippen molar-refractivity contribution in [2.45, 2.75) is 24.9 Å². The molecule has 1 atom stereocenters. The Morgan fingerprint density at radius 1 is 1.32 bits per heavy atom. The van der Waals surface area contributed by atoms with Gasteiger partial charge in [0.1, 0.15) is 5.60 Å². The Balaban J connectivity index is 1.60. The van der Waals surface area contributed by atoms with Crippen molar-refractivity contribution in [3.05, 3.63) is 57.2 Å². The minimum Gasteiger partial charge on any atom is -0.382 e. The van der Waals surface area contributed by atoms with Crippen LogP contribution < -0.4 is 5.32 Å². The van der Waals surface area contributed by atoms with Crippen molar-refractivity contribution in [2.24, 2.45) is 5.92 Å². The number of halogens is 1. The lowest BCUT2D eigenvalue weighted by Crippen LogP contribution is -2.42. The lowest BCUT2D eigenvalue weighted by atomic mass is 9.95. The number of rotatable bonds is 6. The van der Waals surface area contributed by atoms with Crippen LogP contribution in [0.3, 0.4) is 0 Å². The summed E-state index contributed by atoms with van der Waals surface area (Å²) in [5, 5.41) is 16.4. The molecule has 1 aromatic carbocycles. The van der Waals surface area contributed by atoms with E-state index in [0.717, 1.165) is 23.3 Å². The fourth-order valence-corrected chi connectivity index (χ4v) is 3.63. The van der Waals surface area contributed by atoms with E-state index in [-0.39, 0.29) is 18.4 Å². The number of benzene rings is 1. The molecule has 1 unspecified atom stereocenters. The van der Waals surface area contributed by atoms with Crippen molar-refractivity contribution >= 4 is 28.8 Å². The lowest BCUT2D eigenvalue weighted by molar-refractivity contribution is -0.122. The Labute approximate surface area is 138 Å². The molecular formula is C17H18ClNO2S. The highest BCUT2D eigenvalue weighted by Gasteiger charge is 2.45. The largest absolute Gasteiger partial charge is 0.382 e. The number of carbonyl (C=O) groups is 1. The summed E-state index contributed by atoms with van der Waals surface area (Å²) < 4.78 is 0. The topological polar surface area (TPSA) is 49.3 Å². The molecule has 2 aromatic rings. The van der Waals surface area contributed by atoms with Gasteiger partial charge in [-0.05, 0) is 47.9 Å². The molecule has 5 heteroatoms. The molecule has 0 radical (unpaired) electrons. The normalized spacial score (nSPS) is 17.0. The first kappa shape index (κ1) is 15.5. The summed E-state index contributed by atoms with van der Waals surface area (Å²) in [7, 11) is 0. The van der Waals surface area contributed by atoms with Crippen LogP contribution in [0, 0.1) is 5.92 Å². The van der Waals surface area contributed by atoms with Crippen LogP contribution in [-0.2, 0) is 16.8 Å². The molecule has 0 saturated heterocycles. The van der Waals surface area contributed by atoms with Crippen LogP contribution in [0.15, 0.2) is 41.8 Å². The number of carbonyl (C=O) groups excluding carboxylic acids is 1. The molecule has 22 heavy (non-hydrogen) atoms. The fourth-order valence-electron chi connectivity index (χ4n) is 2.60. The molecule has 116 valence electrons. The summed E-state index contributed by atoms with van der Waals surface area (Å²) in [6.45, 7) is 0.268. The van der Waals surface area contributed by atoms with Crippen molar-refractivity contribution in [3.63, 3.8) is 0 Å². The minimum absolute atomic E-state index is 0.0852. The Bertz CT molecular complexity index is 637. The summed E-state index contributed by atoms with van der Waals surface area (Å²) in [5.74, 6) is 0.167. The summed E-state index contributed by atoms with van der Waals surface area (Å²) >= 11 is 7.38. The number of hydrogen-bond donors (Lipinski definition) is 2. The zero-order valence-electron chi connectivity index (χ0n) is 12.1. The molecule has 0 aliphatic heterocycles. The molecule has 1 fully saturated rings. The molecule has 1 heterocycles. The van der Waals surface area contributed by atoms with Gasteiger partial charge in [-0.1, -0.05) is 29.8 Å². The third-order valence-electron chi connectivity index (χ3n) is 4.03. The summed E-state index contributed by atoms with van der Waals surface area (Å²) in [6, 6.07) is 11.1. The molecule has 2 N–H and O–H groups in total. The molecule has 1 aliphatic carbocycles. The van der Waals surface area contributed by atoms with Crippen LogP contribution in [0.25, 0.3) is 0 Å². The molecule has 3 rings (SSSR count). The van der Waals surface area contributed by atoms with Gasteiger partial charge in [0.15, 0.2) is 0 Å². The molecule has 0 spiro atoms. The van der Waals surface area contributed by atoms with E-state index < -0.39 is 5.60 Å². The van der Waals surface area contributed by atoms with Crippen molar-refractivity contribution < 1.29 is 9.90 Å². The van der Waals surface area contributed by atoms with Crippen LogP contribution in [0.2, 0.25) is 5.02 Å². The third kappa shape index (κ3) is 3.51. The molecular weight excluding hydrogens is 318 g/mol. The Morgan fingerprint density at radius 3 is 2.64 bits per heavy atom. The summed E-state index contributed by atoms with van der Waals surface area (Å²) in [6.07, 6.45) is 2.32. The van der Waals surface area contributed by atoms with E-state index in [1.807, 2.05) is 29.6 Å². The maximum Gasteiger partial charge on any atom is 0.224 e. The second-order valence-corrected chi connectivity index (χ2v) is 7.14. The first-order chi connectivity index (χ1) is 10.6. The smallest absolute Gasteiger partial charge is 0.224 e. The van der Waals surface area contributed by atoms with E-state index >= 15 is 0 Å². The SMILES string of the molecule is O=C(Cc1ccc(Cl)cc1)NCC(O)(c1cccs1)C1CC1. The van der Waals surface area contributed by atoms with Crippen molar-refractivity contribution in [1.29, 1.82) is 0 Å². The number of amides is 1. The lowest BCUT2D eigenvalue weighted by Gasteiger charge is -2.27. The van der Waals surface area contributed by atoms with Crippen LogP contribution in [0.4, 0.5) is 0 Å². The van der Waals surface area contributed by atoms with Crippen LogP contribution in [0.1, 0.15) is 23.3 Å². The van der Waals surface area contributed by atoms with Crippen LogP contribution in [0.5, 0.6) is 0 Å². The molecule has 0 bridgehead atoms. The predicted octanol–water partition coefficient (Wildman–Crippen LogP) is 3.36. The van der Waals surface area contributed by atoms with Crippen LogP contribution in [-0.4, -0.2) is 17.6 Å². The first-order valence-corrected chi connectivity index (χ1v) is 8.61. The highest BCUT2D eigenvalue weighted by Crippen LogP contribution is 2.46. The molecule has 1 aliphatic rings. The van der Waals surface area contributed by atoms with Crippen molar-refractivity contribution in [1.82, 2.24) is 5.32 Å². The predicted molar refractivity (Wildman–Crippen MR) is 89.1 cm³/mol. The van der Waals surface area contributed by atoms with Crippen molar-refractivity contribution in [3.8, 4) is 0 Å². The quantitative estimate of drug-likeness (QED) is 0.850. The van der Waals surface area contributed by atoms with Gasteiger partial charge in [-0.3, -0.25) is 4.79 Å². The zero-order chi connectivity index (χ0) is 15.6.